The van der Waals surface area contributed by atoms with Gasteiger partial charge in [0, 0.05) is 24.2 Å². The van der Waals surface area contributed by atoms with Gasteiger partial charge in [0.1, 0.15) is 0 Å². The van der Waals surface area contributed by atoms with E-state index >= 15 is 0 Å². The molecule has 1 N–H and O–H groups in total. The number of benzene rings is 1. The van der Waals surface area contributed by atoms with E-state index in [4.69, 9.17) is 9.63 Å². The van der Waals surface area contributed by atoms with Crippen LogP contribution in [0.1, 0.15) is 6.42 Å². The summed E-state index contributed by atoms with van der Waals surface area (Å²) in [5, 5.41) is 15.0. The van der Waals surface area contributed by atoms with E-state index in [9.17, 15) is 9.59 Å². The first-order valence-electron chi connectivity index (χ1n) is 7.63. The minimum absolute atomic E-state index is 0.0182. The first kappa shape index (κ1) is 15.5. The zero-order valence-corrected chi connectivity index (χ0v) is 13.8. The van der Waals surface area contributed by atoms with Crippen molar-refractivity contribution >= 4 is 28.9 Å². The molecule has 1 aromatic carbocycles. The lowest BCUT2D eigenvalue weighted by Crippen LogP contribution is -2.25. The van der Waals surface area contributed by atoms with Crippen molar-refractivity contribution in [3.8, 4) is 22.2 Å². The number of thiophene rings is 1. The van der Waals surface area contributed by atoms with Gasteiger partial charge in [0.25, 0.3) is 5.89 Å². The van der Waals surface area contributed by atoms with Crippen LogP contribution >= 0.6 is 11.3 Å². The third-order valence-electron chi connectivity index (χ3n) is 4.05. The fourth-order valence-electron chi connectivity index (χ4n) is 2.78. The van der Waals surface area contributed by atoms with Crippen molar-refractivity contribution < 1.29 is 19.2 Å². The fraction of sp³-hybridized carbons (Fsp3) is 0.176. The van der Waals surface area contributed by atoms with Crippen LogP contribution in [0.5, 0.6) is 0 Å². The number of aromatic nitrogens is 2. The molecule has 3 heterocycles. The molecule has 25 heavy (non-hydrogen) atoms. The molecule has 3 aromatic rings. The van der Waals surface area contributed by atoms with Crippen LogP contribution in [0.4, 0.5) is 5.69 Å². The number of carbonyl (C=O) groups excluding carboxylic acids is 1. The van der Waals surface area contributed by atoms with Gasteiger partial charge in [0.15, 0.2) is 0 Å². The molecule has 8 heteroatoms. The van der Waals surface area contributed by atoms with E-state index < -0.39 is 11.9 Å². The smallest absolute Gasteiger partial charge is 0.308 e. The summed E-state index contributed by atoms with van der Waals surface area (Å²) in [6, 6.07) is 10.9. The van der Waals surface area contributed by atoms with Gasteiger partial charge in [-0.15, -0.1) is 11.3 Å². The highest BCUT2D eigenvalue weighted by atomic mass is 32.1. The molecule has 1 fully saturated rings. The van der Waals surface area contributed by atoms with Crippen molar-refractivity contribution in [2.24, 2.45) is 5.92 Å². The topological polar surface area (TPSA) is 96.5 Å². The van der Waals surface area contributed by atoms with Crippen LogP contribution in [0.15, 0.2) is 46.3 Å². The molecular formula is C17H13N3O4S. The molecule has 1 aliphatic heterocycles. The number of hydrogen-bond acceptors (Lipinski definition) is 6. The van der Waals surface area contributed by atoms with E-state index in [2.05, 4.69) is 10.1 Å². The molecule has 1 aliphatic rings. The highest BCUT2D eigenvalue weighted by Gasteiger charge is 2.35. The first-order valence-corrected chi connectivity index (χ1v) is 8.51. The molecule has 1 saturated heterocycles. The Labute approximate surface area is 146 Å². The van der Waals surface area contributed by atoms with E-state index in [1.54, 1.807) is 18.2 Å². The number of carboxylic acid groups (broad SMARTS) is 1. The summed E-state index contributed by atoms with van der Waals surface area (Å²) in [7, 11) is 0. The normalized spacial score (nSPS) is 17.2. The second-order valence-electron chi connectivity index (χ2n) is 5.69. The second-order valence-corrected chi connectivity index (χ2v) is 6.64. The summed E-state index contributed by atoms with van der Waals surface area (Å²) in [5.74, 6) is -0.959. The molecule has 1 atom stereocenters. The van der Waals surface area contributed by atoms with Crippen molar-refractivity contribution in [2.45, 2.75) is 6.42 Å². The minimum Gasteiger partial charge on any atom is -0.481 e. The number of nitrogens with zero attached hydrogens (tertiary/aromatic N) is 3. The largest absolute Gasteiger partial charge is 0.481 e. The predicted octanol–water partition coefficient (Wildman–Crippen LogP) is 2.90. The Morgan fingerprint density at radius 1 is 1.32 bits per heavy atom. The summed E-state index contributed by atoms with van der Waals surface area (Å²) < 4.78 is 5.29. The SMILES string of the molecule is O=C(O)C1CC(=O)N(c2cccc(-c3noc(-c4cccs4)n3)c2)C1. The maximum Gasteiger partial charge on any atom is 0.308 e. The maximum absolute atomic E-state index is 12.1. The van der Waals surface area contributed by atoms with Crippen LogP contribution in [-0.2, 0) is 9.59 Å². The fourth-order valence-corrected chi connectivity index (χ4v) is 3.42. The minimum atomic E-state index is -0.953. The molecule has 126 valence electrons. The number of rotatable bonds is 4. The van der Waals surface area contributed by atoms with Gasteiger partial charge in [-0.25, -0.2) is 0 Å². The summed E-state index contributed by atoms with van der Waals surface area (Å²) >= 11 is 1.51. The van der Waals surface area contributed by atoms with Gasteiger partial charge < -0.3 is 14.5 Å². The highest BCUT2D eigenvalue weighted by Crippen LogP contribution is 2.30. The van der Waals surface area contributed by atoms with Crippen molar-refractivity contribution in [3.05, 3.63) is 41.8 Å². The second kappa shape index (κ2) is 6.14. The van der Waals surface area contributed by atoms with Crippen LogP contribution in [0.2, 0.25) is 0 Å². The van der Waals surface area contributed by atoms with Gasteiger partial charge >= 0.3 is 5.97 Å². The summed E-state index contributed by atoms with van der Waals surface area (Å²) in [6.07, 6.45) is 0.0182. The molecule has 4 rings (SSSR count). The van der Waals surface area contributed by atoms with Gasteiger partial charge in [0.2, 0.25) is 11.7 Å². The average Bonchev–Trinajstić information content (AvgIpc) is 3.35. The first-order chi connectivity index (χ1) is 12.1. The number of aliphatic carboxylic acids is 1. The molecule has 7 nitrogen and oxygen atoms in total. The summed E-state index contributed by atoms with van der Waals surface area (Å²) in [4.78, 5) is 30.0. The van der Waals surface area contributed by atoms with Gasteiger partial charge in [-0.1, -0.05) is 23.4 Å². The molecular weight excluding hydrogens is 342 g/mol. The standard InChI is InChI=1S/C17H13N3O4S/c21-14-8-11(17(22)23)9-20(14)12-4-1-3-10(7-12)15-18-16(24-19-15)13-5-2-6-25-13/h1-7,11H,8-9H2,(H,22,23). The Morgan fingerprint density at radius 3 is 2.92 bits per heavy atom. The van der Waals surface area contributed by atoms with E-state index in [0.29, 0.717) is 23.0 Å². The van der Waals surface area contributed by atoms with E-state index in [1.165, 1.54) is 16.2 Å². The molecule has 0 aliphatic carbocycles. The molecule has 0 radical (unpaired) electrons. The third-order valence-corrected chi connectivity index (χ3v) is 4.91. The van der Waals surface area contributed by atoms with Gasteiger partial charge in [-0.05, 0) is 23.6 Å². The van der Waals surface area contributed by atoms with Crippen molar-refractivity contribution in [1.82, 2.24) is 10.1 Å². The highest BCUT2D eigenvalue weighted by molar-refractivity contribution is 7.13. The number of amides is 1. The Hall–Kier alpha value is -3.00. The third kappa shape index (κ3) is 2.91. The number of carbonyl (C=O) groups is 2. The van der Waals surface area contributed by atoms with E-state index in [-0.39, 0.29) is 18.9 Å². The predicted molar refractivity (Wildman–Crippen MR) is 91.1 cm³/mol. The van der Waals surface area contributed by atoms with Crippen LogP contribution in [0.25, 0.3) is 22.2 Å². The Morgan fingerprint density at radius 2 is 2.20 bits per heavy atom. The maximum atomic E-state index is 12.1. The number of carboxylic acids is 1. The van der Waals surface area contributed by atoms with Crippen LogP contribution < -0.4 is 4.90 Å². The molecule has 1 unspecified atom stereocenters. The number of anilines is 1. The lowest BCUT2D eigenvalue weighted by molar-refractivity contribution is -0.141. The van der Waals surface area contributed by atoms with Crippen molar-refractivity contribution in [2.75, 3.05) is 11.4 Å². The van der Waals surface area contributed by atoms with Crippen LogP contribution in [0.3, 0.4) is 0 Å². The van der Waals surface area contributed by atoms with Gasteiger partial charge in [-0.3, -0.25) is 9.59 Å². The lowest BCUT2D eigenvalue weighted by atomic mass is 10.1. The van der Waals surface area contributed by atoms with Gasteiger partial charge in [0.05, 0.1) is 10.8 Å². The summed E-state index contributed by atoms with van der Waals surface area (Å²) in [6.45, 7) is 0.171. The van der Waals surface area contributed by atoms with E-state index in [0.717, 1.165) is 4.88 Å². The molecule has 0 spiro atoms. The Kier molecular flexibility index (Phi) is 3.81. The van der Waals surface area contributed by atoms with Crippen molar-refractivity contribution in [1.29, 1.82) is 0 Å². The number of hydrogen-bond donors (Lipinski definition) is 1. The van der Waals surface area contributed by atoms with Crippen molar-refractivity contribution in [3.63, 3.8) is 0 Å². The van der Waals surface area contributed by atoms with Crippen LogP contribution in [0, 0.1) is 5.92 Å². The van der Waals surface area contributed by atoms with Gasteiger partial charge in [-0.2, -0.15) is 4.98 Å². The molecule has 0 saturated carbocycles. The van der Waals surface area contributed by atoms with Crippen LogP contribution in [-0.4, -0.2) is 33.7 Å². The zero-order valence-electron chi connectivity index (χ0n) is 13.0. The lowest BCUT2D eigenvalue weighted by Gasteiger charge is -2.16. The van der Waals surface area contributed by atoms with E-state index in [1.807, 2.05) is 23.6 Å². The average molecular weight is 355 g/mol. The zero-order chi connectivity index (χ0) is 17.4. The molecule has 2 aromatic heterocycles. The molecule has 0 bridgehead atoms. The monoisotopic (exact) mass is 355 g/mol. The quantitative estimate of drug-likeness (QED) is 0.773. The Bertz CT molecular complexity index is 935. The Balaban J connectivity index is 1.62. The summed E-state index contributed by atoms with van der Waals surface area (Å²) in [5.41, 5.74) is 1.34. The molecule has 1 amide bonds.